The molecule has 36 heavy (non-hydrogen) atoms. The van der Waals surface area contributed by atoms with E-state index in [1.54, 1.807) is 6.21 Å². The molecule has 198 valence electrons. The first-order valence-electron chi connectivity index (χ1n) is 13.4. The van der Waals surface area contributed by atoms with E-state index in [0.29, 0.717) is 24.5 Å². The monoisotopic (exact) mass is 514 g/mol. The number of allylic oxidation sites excluding steroid dienone is 1. The Bertz CT molecular complexity index is 912. The Balaban J connectivity index is 0.00000176. The molecule has 3 heterocycles. The van der Waals surface area contributed by atoms with Gasteiger partial charge in [-0.3, -0.25) is 14.6 Å². The molecule has 0 aromatic heterocycles. The van der Waals surface area contributed by atoms with Gasteiger partial charge in [-0.05, 0) is 82.8 Å². The molecule has 0 saturated carbocycles. The number of rotatable bonds is 6. The molecule has 0 bridgehead atoms. The van der Waals surface area contributed by atoms with Gasteiger partial charge < -0.3 is 19.9 Å². The number of hydrogen-bond donors (Lipinski definition) is 1. The van der Waals surface area contributed by atoms with E-state index in [4.69, 9.17) is 4.74 Å². The summed E-state index contributed by atoms with van der Waals surface area (Å²) >= 11 is 1.39. The van der Waals surface area contributed by atoms with E-state index in [0.717, 1.165) is 51.1 Å². The minimum atomic E-state index is -0.349. The predicted molar refractivity (Wildman–Crippen MR) is 151 cm³/mol. The molecule has 3 aliphatic rings. The predicted octanol–water partition coefficient (Wildman–Crippen LogP) is 4.64. The smallest absolute Gasteiger partial charge is 0.237 e. The van der Waals surface area contributed by atoms with Crippen molar-refractivity contribution in [1.29, 1.82) is 0 Å². The summed E-state index contributed by atoms with van der Waals surface area (Å²) in [6.07, 6.45) is 6.92. The van der Waals surface area contributed by atoms with E-state index in [1.165, 1.54) is 17.4 Å². The molecule has 0 spiro atoms. The maximum absolute atomic E-state index is 13.2. The van der Waals surface area contributed by atoms with Crippen molar-refractivity contribution in [1.82, 2.24) is 4.90 Å². The Kier molecular flexibility index (Phi) is 11.5. The maximum atomic E-state index is 13.2. The Morgan fingerprint density at radius 2 is 1.81 bits per heavy atom. The van der Waals surface area contributed by atoms with Crippen LogP contribution in [0.15, 0.2) is 40.2 Å². The summed E-state index contributed by atoms with van der Waals surface area (Å²) in [5, 5.41) is 2.72. The summed E-state index contributed by atoms with van der Waals surface area (Å²) in [6.45, 7) is 11.4. The second-order valence-corrected chi connectivity index (χ2v) is 10.5. The number of aliphatic imine (C=N–C) groups is 1. The number of ether oxygens (including phenoxy) is 1. The van der Waals surface area contributed by atoms with Crippen LogP contribution in [0.3, 0.4) is 0 Å². The second kappa shape index (κ2) is 14.5. The summed E-state index contributed by atoms with van der Waals surface area (Å²) in [5.74, 6) is 0.0391. The van der Waals surface area contributed by atoms with E-state index >= 15 is 0 Å². The Morgan fingerprint density at radius 3 is 2.50 bits per heavy atom. The van der Waals surface area contributed by atoms with Gasteiger partial charge in [-0.25, -0.2) is 0 Å². The molecule has 0 radical (unpaired) electrons. The van der Waals surface area contributed by atoms with Gasteiger partial charge in [-0.15, -0.1) is 11.8 Å². The zero-order chi connectivity index (χ0) is 25.9. The maximum Gasteiger partial charge on any atom is 0.237 e. The summed E-state index contributed by atoms with van der Waals surface area (Å²) < 4.78 is 5.41. The first kappa shape index (κ1) is 28.4. The molecule has 1 aromatic carbocycles. The van der Waals surface area contributed by atoms with Crippen LogP contribution < -0.4 is 10.2 Å². The molecule has 2 fully saturated rings. The molecule has 2 unspecified atom stereocenters. The summed E-state index contributed by atoms with van der Waals surface area (Å²) in [6, 6.07) is 7.96. The van der Waals surface area contributed by atoms with Crippen molar-refractivity contribution in [3.63, 3.8) is 0 Å². The van der Waals surface area contributed by atoms with Gasteiger partial charge >= 0.3 is 0 Å². The quantitative estimate of drug-likeness (QED) is 0.558. The Labute approximate surface area is 220 Å². The topological polar surface area (TPSA) is 74.2 Å². The standard InChI is InChI=1S/C26H36N4O3S.C2H6/c1-3-27-21-17-23(25(31)19-9-15-33-16-10-19)34-24(18-21)26(32)28-20-5-7-22(8-6-20)30-12-4-11-29(2)13-14-30;1-2/h3,5-8,17,19,21,24H,4,9-16,18H2,1-2H3,(H,28,32);1-2H3. The highest BCUT2D eigenvalue weighted by Gasteiger charge is 2.34. The number of benzene rings is 1. The van der Waals surface area contributed by atoms with Gasteiger partial charge in [0.15, 0.2) is 5.78 Å². The fourth-order valence-corrected chi connectivity index (χ4v) is 6.03. The third-order valence-electron chi connectivity index (χ3n) is 6.76. The highest BCUT2D eigenvalue weighted by atomic mass is 32.2. The lowest BCUT2D eigenvalue weighted by Crippen LogP contribution is -2.33. The molecular formula is C28H42N4O3S. The Morgan fingerprint density at radius 1 is 1.08 bits per heavy atom. The third-order valence-corrected chi connectivity index (χ3v) is 8.04. The average molecular weight is 515 g/mol. The summed E-state index contributed by atoms with van der Waals surface area (Å²) in [7, 11) is 2.17. The van der Waals surface area contributed by atoms with Crippen LogP contribution in [0.1, 0.15) is 46.5 Å². The van der Waals surface area contributed by atoms with Crippen LogP contribution in [0.5, 0.6) is 0 Å². The van der Waals surface area contributed by atoms with E-state index in [2.05, 4.69) is 39.3 Å². The van der Waals surface area contributed by atoms with Gasteiger partial charge in [0.1, 0.15) is 0 Å². The highest BCUT2D eigenvalue weighted by molar-refractivity contribution is 8.05. The summed E-state index contributed by atoms with van der Waals surface area (Å²) in [5.41, 5.74) is 1.97. The third kappa shape index (κ3) is 7.92. The number of carbonyl (C=O) groups excluding carboxylic acids is 2. The molecule has 0 aliphatic carbocycles. The van der Waals surface area contributed by atoms with Crippen LogP contribution in [0.4, 0.5) is 11.4 Å². The second-order valence-electron chi connectivity index (χ2n) is 9.28. The molecule has 2 saturated heterocycles. The molecule has 4 rings (SSSR count). The van der Waals surface area contributed by atoms with Crippen LogP contribution in [0, 0.1) is 5.92 Å². The molecular weight excluding hydrogens is 472 g/mol. The van der Waals surface area contributed by atoms with Crippen LogP contribution in [-0.2, 0) is 14.3 Å². The van der Waals surface area contributed by atoms with E-state index < -0.39 is 0 Å². The van der Waals surface area contributed by atoms with Crippen molar-refractivity contribution >= 4 is 41.0 Å². The molecule has 1 aromatic rings. The van der Waals surface area contributed by atoms with Gasteiger partial charge in [0.25, 0.3) is 0 Å². The van der Waals surface area contributed by atoms with Crippen LogP contribution >= 0.6 is 11.8 Å². The summed E-state index contributed by atoms with van der Waals surface area (Å²) in [4.78, 5) is 36.2. The average Bonchev–Trinajstić information content (AvgIpc) is 3.14. The van der Waals surface area contributed by atoms with Crippen molar-refractivity contribution < 1.29 is 14.3 Å². The van der Waals surface area contributed by atoms with Gasteiger partial charge in [-0.2, -0.15) is 0 Å². The van der Waals surface area contributed by atoms with Crippen molar-refractivity contribution in [3.8, 4) is 0 Å². The first-order chi connectivity index (χ1) is 17.5. The van der Waals surface area contributed by atoms with Crippen molar-refractivity contribution in [2.45, 2.75) is 57.7 Å². The van der Waals surface area contributed by atoms with E-state index in [-0.39, 0.29) is 28.9 Å². The number of thioether (sulfide) groups is 1. The molecule has 1 N–H and O–H groups in total. The lowest BCUT2D eigenvalue weighted by molar-refractivity contribution is -0.121. The van der Waals surface area contributed by atoms with Crippen LogP contribution in [0.25, 0.3) is 0 Å². The van der Waals surface area contributed by atoms with E-state index in [9.17, 15) is 9.59 Å². The first-order valence-corrected chi connectivity index (χ1v) is 14.2. The van der Waals surface area contributed by atoms with Gasteiger partial charge in [0.2, 0.25) is 5.91 Å². The zero-order valence-corrected chi connectivity index (χ0v) is 23.1. The fourth-order valence-electron chi connectivity index (χ4n) is 4.74. The Hall–Kier alpha value is -2.16. The number of nitrogens with one attached hydrogen (secondary N) is 1. The SMILES string of the molecule is CC.CC=NC1C=C(C(=O)C2CCOCC2)SC(C(=O)Nc2ccc(N3CCCN(C)CC3)cc2)C1. The minimum Gasteiger partial charge on any atom is -0.381 e. The molecule has 2 atom stereocenters. The van der Waals surface area contributed by atoms with E-state index in [1.807, 2.05) is 39.0 Å². The molecule has 8 heteroatoms. The molecule has 7 nitrogen and oxygen atoms in total. The number of Topliss-reactive ketones (excluding diaryl/α,β-unsaturated/α-hetero) is 1. The zero-order valence-electron chi connectivity index (χ0n) is 22.2. The van der Waals surface area contributed by atoms with Crippen molar-refractivity contribution in [3.05, 3.63) is 35.2 Å². The van der Waals surface area contributed by atoms with Crippen molar-refractivity contribution in [2.75, 3.05) is 56.7 Å². The van der Waals surface area contributed by atoms with Crippen LogP contribution in [0.2, 0.25) is 0 Å². The van der Waals surface area contributed by atoms with Crippen LogP contribution in [-0.4, -0.2) is 80.5 Å². The molecule has 1 amide bonds. The number of carbonyl (C=O) groups is 2. The van der Waals surface area contributed by atoms with Gasteiger partial charge in [0, 0.05) is 55.0 Å². The van der Waals surface area contributed by atoms with Crippen molar-refractivity contribution in [2.24, 2.45) is 10.9 Å². The number of anilines is 2. The minimum absolute atomic E-state index is 0.0214. The number of ketones is 1. The number of nitrogens with zero attached hydrogens (tertiary/aromatic N) is 3. The largest absolute Gasteiger partial charge is 0.381 e. The van der Waals surface area contributed by atoms with Gasteiger partial charge in [0.05, 0.1) is 11.3 Å². The molecule has 3 aliphatic heterocycles. The van der Waals surface area contributed by atoms with Gasteiger partial charge in [-0.1, -0.05) is 13.8 Å². The lowest BCUT2D eigenvalue weighted by Gasteiger charge is -2.28. The highest BCUT2D eigenvalue weighted by Crippen LogP contribution is 2.36. The fraction of sp³-hybridized carbons (Fsp3) is 0.607. The normalized spacial score (nSPS) is 23.9. The number of likely N-dealkylation sites (N-methyl/N-ethyl adjacent to an activating group) is 1. The lowest BCUT2D eigenvalue weighted by atomic mass is 9.94. The number of amides is 1. The number of hydrogen-bond acceptors (Lipinski definition) is 7.